The second-order valence-electron chi connectivity index (χ2n) is 7.59. The van der Waals surface area contributed by atoms with Gasteiger partial charge in [0, 0.05) is 22.6 Å². The summed E-state index contributed by atoms with van der Waals surface area (Å²) in [6, 6.07) is 6.22. The zero-order valence-corrected chi connectivity index (χ0v) is 20.1. The summed E-state index contributed by atoms with van der Waals surface area (Å²) < 4.78 is 11.6. The highest BCUT2D eigenvalue weighted by atomic mass is 35.5. The highest BCUT2D eigenvalue weighted by Gasteiger charge is 2.30. The predicted molar refractivity (Wildman–Crippen MR) is 126 cm³/mol. The van der Waals surface area contributed by atoms with Gasteiger partial charge in [0.05, 0.1) is 11.2 Å². The van der Waals surface area contributed by atoms with Crippen LogP contribution in [0.15, 0.2) is 30.5 Å². The normalized spacial score (nSPS) is 13.9. The molecule has 10 heteroatoms. The molecule has 172 valence electrons. The molecule has 2 unspecified atom stereocenters. The van der Waals surface area contributed by atoms with Crippen LogP contribution in [0.5, 0.6) is 0 Å². The zero-order valence-electron chi connectivity index (χ0n) is 18.5. The van der Waals surface area contributed by atoms with Gasteiger partial charge in [-0.1, -0.05) is 25.4 Å². The molecule has 0 aliphatic heterocycles. The van der Waals surface area contributed by atoms with E-state index in [9.17, 15) is 19.1 Å². The zero-order chi connectivity index (χ0) is 23.2. The summed E-state index contributed by atoms with van der Waals surface area (Å²) in [6.07, 6.45) is 3.21. The molecule has 0 spiro atoms. The summed E-state index contributed by atoms with van der Waals surface area (Å²) in [4.78, 5) is 40.3. The van der Waals surface area contributed by atoms with Crippen molar-refractivity contribution in [1.29, 1.82) is 0 Å². The monoisotopic (exact) mass is 470 g/mol. The number of nitrogens with one attached hydrogen (secondary N) is 1. The van der Waals surface area contributed by atoms with Crippen molar-refractivity contribution in [1.82, 2.24) is 15.2 Å². The Morgan fingerprint density at radius 2 is 1.90 bits per heavy atom. The first-order chi connectivity index (χ1) is 14.6. The number of rotatable bonds is 10. The Morgan fingerprint density at radius 3 is 2.52 bits per heavy atom. The maximum Gasteiger partial charge on any atom is 0.347 e. The van der Waals surface area contributed by atoms with E-state index >= 15 is 0 Å². The van der Waals surface area contributed by atoms with Crippen molar-refractivity contribution in [3.05, 3.63) is 35.5 Å². The third kappa shape index (κ3) is 6.89. The van der Waals surface area contributed by atoms with E-state index in [0.29, 0.717) is 16.2 Å². The first-order valence-corrected chi connectivity index (χ1v) is 12.6. The van der Waals surface area contributed by atoms with Crippen molar-refractivity contribution < 1.29 is 19.1 Å². The topological polar surface area (TPSA) is 106 Å². The van der Waals surface area contributed by atoms with Gasteiger partial charge in [-0.2, -0.15) is 0 Å². The second kappa shape index (κ2) is 11.2. The number of carbonyl (C=O) groups is 1. The summed E-state index contributed by atoms with van der Waals surface area (Å²) in [6.45, 7) is 10.3. The lowest BCUT2D eigenvalue weighted by atomic mass is 10.1. The molecule has 2 aromatic rings. The fourth-order valence-corrected chi connectivity index (χ4v) is 3.92. The number of benzene rings is 1. The average Bonchev–Trinajstić information content (AvgIpc) is 2.70. The first kappa shape index (κ1) is 25.6. The van der Waals surface area contributed by atoms with Gasteiger partial charge < -0.3 is 20.0 Å². The minimum absolute atomic E-state index is 0.208. The first-order valence-electron chi connectivity index (χ1n) is 10.5. The van der Waals surface area contributed by atoms with Crippen LogP contribution in [0.1, 0.15) is 40.5 Å². The number of carbonyl (C=O) groups excluding carboxylic acids is 1. The SMILES string of the molecule is CCN(CC)CCCC(C)N(C(=O)NC(C)P(=O)(O)O)c1ccnc2cc(Cl)ccc12. The molecule has 2 rings (SSSR count). The van der Waals surface area contributed by atoms with Crippen LogP contribution in [0, 0.1) is 0 Å². The molecule has 1 aromatic carbocycles. The Kier molecular flexibility index (Phi) is 9.28. The molecule has 1 heterocycles. The van der Waals surface area contributed by atoms with Gasteiger partial charge in [-0.15, -0.1) is 0 Å². The minimum atomic E-state index is -4.46. The van der Waals surface area contributed by atoms with Gasteiger partial charge >= 0.3 is 13.6 Å². The number of anilines is 1. The summed E-state index contributed by atoms with van der Waals surface area (Å²) in [5, 5.41) is 3.74. The molecule has 1 aromatic heterocycles. The Morgan fingerprint density at radius 1 is 1.23 bits per heavy atom. The summed E-state index contributed by atoms with van der Waals surface area (Å²) in [7, 11) is -4.46. The number of fused-ring (bicyclic) bond motifs is 1. The quantitative estimate of drug-likeness (QED) is 0.443. The van der Waals surface area contributed by atoms with Crippen LogP contribution in [0.2, 0.25) is 5.02 Å². The van der Waals surface area contributed by atoms with E-state index in [-0.39, 0.29) is 6.04 Å². The van der Waals surface area contributed by atoms with Crippen LogP contribution in [-0.4, -0.2) is 57.2 Å². The number of amides is 2. The number of aromatic nitrogens is 1. The second-order valence-corrected chi connectivity index (χ2v) is 9.98. The lowest BCUT2D eigenvalue weighted by Gasteiger charge is -2.32. The molecule has 0 aliphatic carbocycles. The standard InChI is InChI=1S/C21H32ClN4O4P/c1-5-25(6-2)13-7-8-15(3)26(21(27)24-16(4)31(28,29)30)20-11-12-23-19-14-17(22)9-10-18(19)20/h9-12,14-16H,5-8,13H2,1-4H3,(H,24,27)(H2,28,29,30). The maximum absolute atomic E-state index is 13.2. The molecular formula is C21H32ClN4O4P. The molecular weight excluding hydrogens is 439 g/mol. The molecule has 0 fully saturated rings. The molecule has 0 bridgehead atoms. The molecule has 3 N–H and O–H groups in total. The number of urea groups is 1. The van der Waals surface area contributed by atoms with Gasteiger partial charge in [-0.25, -0.2) is 4.79 Å². The van der Waals surface area contributed by atoms with Gasteiger partial charge in [0.2, 0.25) is 0 Å². The average molecular weight is 471 g/mol. The third-order valence-electron chi connectivity index (χ3n) is 5.43. The largest absolute Gasteiger partial charge is 0.347 e. The van der Waals surface area contributed by atoms with Crippen LogP contribution >= 0.6 is 19.2 Å². The number of hydrogen-bond donors (Lipinski definition) is 3. The lowest BCUT2D eigenvalue weighted by molar-refractivity contribution is 0.240. The fourth-order valence-electron chi connectivity index (χ4n) is 3.47. The van der Waals surface area contributed by atoms with Crippen LogP contribution in [0.4, 0.5) is 10.5 Å². The van der Waals surface area contributed by atoms with Crippen LogP contribution in [0.3, 0.4) is 0 Å². The van der Waals surface area contributed by atoms with E-state index in [2.05, 4.69) is 29.0 Å². The van der Waals surface area contributed by atoms with Crippen molar-refractivity contribution in [2.45, 2.75) is 52.4 Å². The summed E-state index contributed by atoms with van der Waals surface area (Å²) in [5.74, 6) is -1.30. The van der Waals surface area contributed by atoms with Gasteiger partial charge in [-0.3, -0.25) is 14.4 Å². The van der Waals surface area contributed by atoms with Crippen molar-refractivity contribution in [3.8, 4) is 0 Å². The van der Waals surface area contributed by atoms with E-state index in [0.717, 1.165) is 37.9 Å². The van der Waals surface area contributed by atoms with E-state index < -0.39 is 19.4 Å². The fraction of sp³-hybridized carbons (Fsp3) is 0.524. The van der Waals surface area contributed by atoms with Gasteiger partial charge in [0.25, 0.3) is 0 Å². The highest BCUT2D eigenvalue weighted by molar-refractivity contribution is 7.52. The Labute approximate surface area is 188 Å². The van der Waals surface area contributed by atoms with Crippen LogP contribution in [0.25, 0.3) is 10.9 Å². The summed E-state index contributed by atoms with van der Waals surface area (Å²) >= 11 is 6.10. The molecule has 0 aliphatic rings. The molecule has 2 atom stereocenters. The van der Waals surface area contributed by atoms with Crippen molar-refractivity contribution in [3.63, 3.8) is 0 Å². The Bertz CT molecular complexity index is 935. The third-order valence-corrected chi connectivity index (χ3v) is 6.80. The number of halogens is 1. The molecule has 8 nitrogen and oxygen atoms in total. The van der Waals surface area contributed by atoms with Crippen molar-refractivity contribution >= 4 is 41.8 Å². The number of pyridine rings is 1. The number of hydrogen-bond acceptors (Lipinski definition) is 4. The van der Waals surface area contributed by atoms with Gasteiger partial charge in [-0.05, 0) is 70.6 Å². The van der Waals surface area contributed by atoms with E-state index in [1.54, 1.807) is 35.4 Å². The van der Waals surface area contributed by atoms with Crippen molar-refractivity contribution in [2.24, 2.45) is 0 Å². The predicted octanol–water partition coefficient (Wildman–Crippen LogP) is 4.44. The maximum atomic E-state index is 13.2. The summed E-state index contributed by atoms with van der Waals surface area (Å²) in [5.41, 5.74) is 1.26. The molecule has 2 amide bonds. The molecule has 31 heavy (non-hydrogen) atoms. The minimum Gasteiger partial charge on any atom is -0.324 e. The smallest absolute Gasteiger partial charge is 0.324 e. The van der Waals surface area contributed by atoms with E-state index in [4.69, 9.17) is 11.6 Å². The van der Waals surface area contributed by atoms with Gasteiger partial charge in [0.15, 0.2) is 0 Å². The Hall–Kier alpha value is -1.70. The van der Waals surface area contributed by atoms with Gasteiger partial charge in [0.1, 0.15) is 5.78 Å². The van der Waals surface area contributed by atoms with E-state index in [1.807, 2.05) is 6.92 Å². The lowest BCUT2D eigenvalue weighted by Crippen LogP contribution is -2.48. The molecule has 0 radical (unpaired) electrons. The Balaban J connectivity index is 2.36. The van der Waals surface area contributed by atoms with Crippen LogP contribution in [-0.2, 0) is 4.57 Å². The van der Waals surface area contributed by atoms with Crippen LogP contribution < -0.4 is 10.2 Å². The number of nitrogens with zero attached hydrogens (tertiary/aromatic N) is 3. The molecule has 0 saturated carbocycles. The van der Waals surface area contributed by atoms with E-state index in [1.165, 1.54) is 6.92 Å². The highest BCUT2D eigenvalue weighted by Crippen LogP contribution is 2.39. The van der Waals surface area contributed by atoms with Crippen molar-refractivity contribution in [2.75, 3.05) is 24.5 Å². The molecule has 0 saturated heterocycles.